The number of benzene rings is 9. The van der Waals surface area contributed by atoms with Gasteiger partial charge in [0, 0.05) is 33.8 Å². The lowest BCUT2D eigenvalue weighted by Crippen LogP contribution is -2.01. The van der Waals surface area contributed by atoms with E-state index in [-0.39, 0.29) is 0 Å². The summed E-state index contributed by atoms with van der Waals surface area (Å²) in [5.74, 6) is 1.74. The molecule has 0 atom stereocenters. The Balaban J connectivity index is 1.13. The molecular weight excluding hydrogens is 777 g/mol. The van der Waals surface area contributed by atoms with Crippen LogP contribution < -0.4 is 0 Å². The maximum absolute atomic E-state index is 5.38. The van der Waals surface area contributed by atoms with Gasteiger partial charge in [-0.1, -0.05) is 182 Å². The van der Waals surface area contributed by atoms with E-state index >= 15 is 0 Å². The molecule has 64 heavy (non-hydrogen) atoms. The van der Waals surface area contributed by atoms with E-state index in [1.54, 1.807) is 0 Å². The summed E-state index contributed by atoms with van der Waals surface area (Å²) in [6, 6.07) is 82.9. The van der Waals surface area contributed by atoms with E-state index in [4.69, 9.17) is 19.9 Å². The predicted molar refractivity (Wildman–Crippen MR) is 264 cm³/mol. The van der Waals surface area contributed by atoms with Crippen molar-refractivity contribution < 1.29 is 0 Å². The van der Waals surface area contributed by atoms with E-state index in [2.05, 4.69) is 218 Å². The fourth-order valence-electron chi connectivity index (χ4n) is 8.40. The van der Waals surface area contributed by atoms with Crippen LogP contribution in [0.5, 0.6) is 0 Å². The lowest BCUT2D eigenvalue weighted by atomic mass is 9.94. The second kappa shape index (κ2) is 17.0. The molecule has 2 heterocycles. The molecule has 0 radical (unpaired) electrons. The number of nitrogens with zero attached hydrogens (tertiary/aromatic N) is 4. The van der Waals surface area contributed by atoms with Gasteiger partial charge in [-0.3, -0.25) is 4.98 Å². The van der Waals surface area contributed by atoms with Crippen LogP contribution in [0.4, 0.5) is 0 Å². The second-order valence-corrected chi connectivity index (χ2v) is 15.9. The normalized spacial score (nSPS) is 11.1. The van der Waals surface area contributed by atoms with Gasteiger partial charge >= 0.3 is 0 Å². The molecule has 4 nitrogen and oxygen atoms in total. The molecule has 0 fully saturated rings. The van der Waals surface area contributed by atoms with Gasteiger partial charge in [-0.05, 0) is 116 Å². The van der Waals surface area contributed by atoms with Crippen molar-refractivity contribution in [1.82, 2.24) is 19.9 Å². The summed E-state index contributed by atoms with van der Waals surface area (Å²) in [4.78, 5) is 20.9. The third-order valence-electron chi connectivity index (χ3n) is 11.7. The first-order chi connectivity index (χ1) is 31.7. The monoisotopic (exact) mass is 816 g/mol. The Kier molecular flexibility index (Phi) is 10.2. The minimum absolute atomic E-state index is 0.576. The average molecular weight is 817 g/mol. The van der Waals surface area contributed by atoms with Gasteiger partial charge in [-0.15, -0.1) is 0 Å². The van der Waals surface area contributed by atoms with Crippen LogP contribution in [0.25, 0.3) is 112 Å². The first kappa shape index (κ1) is 38.3. The summed E-state index contributed by atoms with van der Waals surface area (Å²) in [5.41, 5.74) is 15.6. The molecule has 0 aliphatic heterocycles. The zero-order valence-electron chi connectivity index (χ0n) is 34.9. The third-order valence-corrected chi connectivity index (χ3v) is 11.7. The highest BCUT2D eigenvalue weighted by molar-refractivity contribution is 5.87. The van der Waals surface area contributed by atoms with Crippen LogP contribution in [0.2, 0.25) is 0 Å². The Bertz CT molecular complexity index is 3370. The Morgan fingerprint density at radius 1 is 0.203 bits per heavy atom. The fourth-order valence-corrected chi connectivity index (χ4v) is 8.40. The van der Waals surface area contributed by atoms with Gasteiger partial charge < -0.3 is 0 Å². The van der Waals surface area contributed by atoms with E-state index in [0.29, 0.717) is 17.5 Å². The molecule has 4 heteroatoms. The molecule has 0 N–H and O–H groups in total. The van der Waals surface area contributed by atoms with Crippen molar-refractivity contribution >= 4 is 10.8 Å². The van der Waals surface area contributed by atoms with E-state index in [1.807, 2.05) is 24.4 Å². The molecule has 300 valence electrons. The minimum Gasteiger partial charge on any atom is -0.256 e. The van der Waals surface area contributed by atoms with E-state index in [1.165, 1.54) is 5.56 Å². The van der Waals surface area contributed by atoms with Gasteiger partial charge in [0.15, 0.2) is 17.5 Å². The highest BCUT2D eigenvalue weighted by Gasteiger charge is 2.18. The van der Waals surface area contributed by atoms with Gasteiger partial charge in [0.05, 0.1) is 5.69 Å². The standard InChI is InChI=1S/C60H40N4/c1-5-17-41(18-6-1)45-27-15-28-46(31-45)54-34-53(44-23-11-4-12-24-44)37-56(38-54)60-63-58(49-30-16-29-48(32-49)57-39-47-25-13-14-26-50(47)40-61-57)62-59(64-60)55-35-51(42-19-7-2-8-20-42)33-52(36-55)43-21-9-3-10-22-43/h1-40H. The van der Waals surface area contributed by atoms with Crippen LogP contribution in [-0.2, 0) is 0 Å². The van der Waals surface area contributed by atoms with Gasteiger partial charge in [0.2, 0.25) is 0 Å². The number of aromatic nitrogens is 4. The minimum atomic E-state index is 0.576. The van der Waals surface area contributed by atoms with Gasteiger partial charge in [-0.25, -0.2) is 15.0 Å². The number of fused-ring (bicyclic) bond motifs is 1. The van der Waals surface area contributed by atoms with Crippen LogP contribution in [0, 0.1) is 0 Å². The quantitative estimate of drug-likeness (QED) is 0.146. The smallest absolute Gasteiger partial charge is 0.164 e. The second-order valence-electron chi connectivity index (χ2n) is 15.9. The highest BCUT2D eigenvalue weighted by Crippen LogP contribution is 2.37. The number of rotatable bonds is 9. The Labute approximate surface area is 373 Å². The first-order valence-electron chi connectivity index (χ1n) is 21.5. The molecule has 0 unspecified atom stereocenters. The molecule has 0 amide bonds. The maximum atomic E-state index is 5.38. The molecule has 9 aromatic carbocycles. The zero-order chi connectivity index (χ0) is 42.7. The van der Waals surface area contributed by atoms with Crippen LogP contribution in [0.3, 0.4) is 0 Å². The summed E-state index contributed by atoms with van der Waals surface area (Å²) < 4.78 is 0. The topological polar surface area (TPSA) is 51.6 Å². The van der Waals surface area contributed by atoms with Crippen molar-refractivity contribution in [2.75, 3.05) is 0 Å². The molecule has 0 saturated heterocycles. The van der Waals surface area contributed by atoms with Gasteiger partial charge in [0.1, 0.15) is 0 Å². The molecule has 2 aromatic heterocycles. The average Bonchev–Trinajstić information content (AvgIpc) is 3.39. The van der Waals surface area contributed by atoms with E-state index < -0.39 is 0 Å². The molecule has 0 spiro atoms. The summed E-state index contributed by atoms with van der Waals surface area (Å²) >= 11 is 0. The van der Waals surface area contributed by atoms with Crippen molar-refractivity contribution in [2.45, 2.75) is 0 Å². The Hall–Kier alpha value is -8.60. The van der Waals surface area contributed by atoms with Crippen molar-refractivity contribution in [1.29, 1.82) is 0 Å². The van der Waals surface area contributed by atoms with Crippen LogP contribution in [0.15, 0.2) is 243 Å². The lowest BCUT2D eigenvalue weighted by molar-refractivity contribution is 1.07. The first-order valence-corrected chi connectivity index (χ1v) is 21.5. The molecular formula is C60H40N4. The SMILES string of the molecule is c1ccc(-c2cccc(-c3cc(-c4ccccc4)cc(-c4nc(-c5cc(-c6ccccc6)cc(-c6ccccc6)c5)nc(-c5cccc(-c6cc7ccccc7cn6)c5)n4)c3)c2)cc1. The fraction of sp³-hybridized carbons (Fsp3) is 0. The molecule has 0 aliphatic carbocycles. The van der Waals surface area contributed by atoms with Crippen molar-refractivity contribution in [2.24, 2.45) is 0 Å². The number of pyridine rings is 1. The highest BCUT2D eigenvalue weighted by atomic mass is 15.0. The van der Waals surface area contributed by atoms with E-state index in [0.717, 1.165) is 88.8 Å². The molecule has 0 bridgehead atoms. The van der Waals surface area contributed by atoms with Gasteiger partial charge in [-0.2, -0.15) is 0 Å². The molecule has 11 rings (SSSR count). The predicted octanol–water partition coefficient (Wildman–Crippen LogP) is 15.4. The molecule has 0 aliphatic rings. The largest absolute Gasteiger partial charge is 0.256 e. The van der Waals surface area contributed by atoms with Crippen LogP contribution in [0.1, 0.15) is 0 Å². The summed E-state index contributed by atoms with van der Waals surface area (Å²) in [6.45, 7) is 0. The van der Waals surface area contributed by atoms with Crippen LogP contribution >= 0.6 is 0 Å². The number of hydrogen-bond donors (Lipinski definition) is 0. The molecule has 0 saturated carbocycles. The Morgan fingerprint density at radius 2 is 0.516 bits per heavy atom. The van der Waals surface area contributed by atoms with Gasteiger partial charge in [0.25, 0.3) is 0 Å². The zero-order valence-corrected chi connectivity index (χ0v) is 34.9. The summed E-state index contributed by atoms with van der Waals surface area (Å²) in [6.07, 6.45) is 1.94. The third kappa shape index (κ3) is 8.00. The van der Waals surface area contributed by atoms with Crippen molar-refractivity contribution in [3.63, 3.8) is 0 Å². The van der Waals surface area contributed by atoms with E-state index in [9.17, 15) is 0 Å². The molecule has 11 aromatic rings. The van der Waals surface area contributed by atoms with Crippen molar-refractivity contribution in [3.8, 4) is 101 Å². The van der Waals surface area contributed by atoms with Crippen LogP contribution in [-0.4, -0.2) is 19.9 Å². The maximum Gasteiger partial charge on any atom is 0.164 e. The summed E-state index contributed by atoms with van der Waals surface area (Å²) in [7, 11) is 0. The summed E-state index contributed by atoms with van der Waals surface area (Å²) in [5, 5.41) is 2.24. The number of hydrogen-bond acceptors (Lipinski definition) is 4. The Morgan fingerprint density at radius 3 is 1.02 bits per heavy atom. The lowest BCUT2D eigenvalue weighted by Gasteiger charge is -2.14. The van der Waals surface area contributed by atoms with Crippen molar-refractivity contribution in [3.05, 3.63) is 243 Å².